The molecular weight excluding hydrogens is 296 g/mol. The van der Waals surface area contributed by atoms with Gasteiger partial charge in [-0.25, -0.2) is 4.98 Å². The first-order chi connectivity index (χ1) is 9.49. The van der Waals surface area contributed by atoms with Crippen molar-refractivity contribution in [2.75, 3.05) is 0 Å². The molecule has 20 heavy (non-hydrogen) atoms. The number of nitrogens with one attached hydrogen (secondary N) is 1. The highest BCUT2D eigenvalue weighted by atomic mass is 32.1. The average Bonchev–Trinajstić information content (AvgIpc) is 3.07. The van der Waals surface area contributed by atoms with Crippen molar-refractivity contribution in [2.45, 2.75) is 19.9 Å². The van der Waals surface area contributed by atoms with E-state index in [1.54, 1.807) is 30.6 Å². The summed E-state index contributed by atoms with van der Waals surface area (Å²) in [6.07, 6.45) is 0. The van der Waals surface area contributed by atoms with Gasteiger partial charge in [0.1, 0.15) is 10.7 Å². The van der Waals surface area contributed by atoms with Crippen LogP contribution in [-0.4, -0.2) is 28.0 Å². The number of carbonyl (C=O) groups excluding carboxylic acids is 1. The predicted molar refractivity (Wildman–Crippen MR) is 79.2 cm³/mol. The van der Waals surface area contributed by atoms with Gasteiger partial charge in [0.25, 0.3) is 5.91 Å². The monoisotopic (exact) mass is 310 g/mol. The lowest BCUT2D eigenvalue weighted by atomic mass is 10.0. The molecule has 2 aromatic rings. The van der Waals surface area contributed by atoms with Gasteiger partial charge < -0.3 is 10.4 Å². The van der Waals surface area contributed by atoms with Crippen LogP contribution in [0.3, 0.4) is 0 Å². The quantitative estimate of drug-likeness (QED) is 0.890. The molecule has 0 saturated heterocycles. The topological polar surface area (TPSA) is 79.3 Å². The number of thiazole rings is 1. The van der Waals surface area contributed by atoms with E-state index in [1.807, 2.05) is 16.8 Å². The molecule has 2 unspecified atom stereocenters. The molecule has 0 aliphatic carbocycles. The Hall–Kier alpha value is -1.73. The van der Waals surface area contributed by atoms with Gasteiger partial charge in [-0.05, 0) is 25.3 Å². The van der Waals surface area contributed by atoms with Crippen LogP contribution >= 0.6 is 22.7 Å². The smallest absolute Gasteiger partial charge is 0.308 e. The number of amides is 1. The van der Waals surface area contributed by atoms with Gasteiger partial charge in [0.05, 0.1) is 5.92 Å². The highest BCUT2D eigenvalue weighted by Gasteiger charge is 2.22. The fourth-order valence-corrected chi connectivity index (χ4v) is 3.03. The van der Waals surface area contributed by atoms with Crippen LogP contribution in [0, 0.1) is 5.92 Å². The molecule has 0 aromatic carbocycles. The highest BCUT2D eigenvalue weighted by Crippen LogP contribution is 2.25. The van der Waals surface area contributed by atoms with Gasteiger partial charge in [-0.15, -0.1) is 11.3 Å². The second-order valence-electron chi connectivity index (χ2n) is 4.44. The fraction of sp³-hybridized carbons (Fsp3) is 0.308. The number of carboxylic acid groups (broad SMARTS) is 1. The van der Waals surface area contributed by atoms with Crippen LogP contribution in [0.25, 0.3) is 10.6 Å². The SMILES string of the molecule is CC(NC(=O)c1csc(-c2ccsc2)n1)C(C)C(=O)O. The Bertz CT molecular complexity index is 607. The van der Waals surface area contributed by atoms with Crippen molar-refractivity contribution in [1.29, 1.82) is 0 Å². The number of carbonyl (C=O) groups is 2. The minimum Gasteiger partial charge on any atom is -0.481 e. The second-order valence-corrected chi connectivity index (χ2v) is 6.08. The van der Waals surface area contributed by atoms with E-state index in [0.717, 1.165) is 10.6 Å². The Morgan fingerprint density at radius 3 is 2.70 bits per heavy atom. The summed E-state index contributed by atoms with van der Waals surface area (Å²) >= 11 is 2.97. The molecule has 2 heterocycles. The number of nitrogens with zero attached hydrogens (tertiary/aromatic N) is 1. The summed E-state index contributed by atoms with van der Waals surface area (Å²) in [7, 11) is 0. The molecule has 2 atom stereocenters. The molecule has 0 radical (unpaired) electrons. The van der Waals surface area contributed by atoms with Crippen molar-refractivity contribution in [3.05, 3.63) is 27.9 Å². The van der Waals surface area contributed by atoms with Crippen LogP contribution in [-0.2, 0) is 4.79 Å². The first-order valence-corrected chi connectivity index (χ1v) is 7.83. The van der Waals surface area contributed by atoms with Crippen molar-refractivity contribution in [3.63, 3.8) is 0 Å². The van der Waals surface area contributed by atoms with E-state index in [0.29, 0.717) is 5.69 Å². The summed E-state index contributed by atoms with van der Waals surface area (Å²) in [6.45, 7) is 3.23. The molecule has 0 fully saturated rings. The fourth-order valence-electron chi connectivity index (χ4n) is 1.52. The molecule has 1 amide bonds. The highest BCUT2D eigenvalue weighted by molar-refractivity contribution is 7.14. The zero-order valence-electron chi connectivity index (χ0n) is 11.0. The molecule has 106 valence electrons. The summed E-state index contributed by atoms with van der Waals surface area (Å²) in [4.78, 5) is 27.1. The summed E-state index contributed by atoms with van der Waals surface area (Å²) in [5.74, 6) is -1.92. The second kappa shape index (κ2) is 6.15. The van der Waals surface area contributed by atoms with Crippen LogP contribution in [0.1, 0.15) is 24.3 Å². The number of rotatable bonds is 5. The molecule has 2 aromatic heterocycles. The lowest BCUT2D eigenvalue weighted by Gasteiger charge is -2.16. The number of thiophene rings is 1. The van der Waals surface area contributed by atoms with E-state index in [1.165, 1.54) is 11.3 Å². The van der Waals surface area contributed by atoms with Crippen molar-refractivity contribution in [3.8, 4) is 10.6 Å². The molecule has 7 heteroatoms. The maximum absolute atomic E-state index is 12.0. The number of aromatic nitrogens is 1. The average molecular weight is 310 g/mol. The molecule has 0 spiro atoms. The summed E-state index contributed by atoms with van der Waals surface area (Å²) in [6, 6.07) is 1.49. The maximum atomic E-state index is 12.0. The van der Waals surface area contributed by atoms with Crippen LogP contribution in [0.5, 0.6) is 0 Å². The summed E-state index contributed by atoms with van der Waals surface area (Å²) < 4.78 is 0. The lowest BCUT2D eigenvalue weighted by Crippen LogP contribution is -2.40. The molecule has 2 N–H and O–H groups in total. The minimum atomic E-state index is -0.935. The van der Waals surface area contributed by atoms with Crippen LogP contribution in [0.4, 0.5) is 0 Å². The van der Waals surface area contributed by atoms with E-state index in [9.17, 15) is 9.59 Å². The Balaban J connectivity index is 2.05. The van der Waals surface area contributed by atoms with Crippen molar-refractivity contribution < 1.29 is 14.7 Å². The number of hydrogen-bond acceptors (Lipinski definition) is 5. The molecule has 0 bridgehead atoms. The molecule has 0 saturated carbocycles. The predicted octanol–water partition coefficient (Wildman–Crippen LogP) is 2.71. The van der Waals surface area contributed by atoms with Gasteiger partial charge in [-0.2, -0.15) is 11.3 Å². The van der Waals surface area contributed by atoms with Gasteiger partial charge in [-0.1, -0.05) is 0 Å². The van der Waals surface area contributed by atoms with E-state index in [2.05, 4.69) is 10.3 Å². The van der Waals surface area contributed by atoms with Crippen molar-refractivity contribution in [1.82, 2.24) is 10.3 Å². The van der Waals surface area contributed by atoms with Crippen LogP contribution in [0.15, 0.2) is 22.2 Å². The first kappa shape index (κ1) is 14.7. The third-order valence-electron chi connectivity index (χ3n) is 3.00. The van der Waals surface area contributed by atoms with Gasteiger partial charge in [-0.3, -0.25) is 9.59 Å². The largest absolute Gasteiger partial charge is 0.481 e. The summed E-state index contributed by atoms with van der Waals surface area (Å²) in [5, 5.41) is 18.0. The van der Waals surface area contributed by atoms with Crippen molar-refractivity contribution in [2.24, 2.45) is 5.92 Å². The Labute approximate surface area is 124 Å². The van der Waals surface area contributed by atoms with E-state index in [4.69, 9.17) is 5.11 Å². The standard InChI is InChI=1S/C13H14N2O3S2/c1-7(13(17)18)8(2)14-11(16)10-6-20-12(15-10)9-3-4-19-5-9/h3-8H,1-2H3,(H,14,16)(H,17,18). The Morgan fingerprint density at radius 1 is 1.35 bits per heavy atom. The van der Waals surface area contributed by atoms with Gasteiger partial charge in [0.2, 0.25) is 0 Å². The zero-order valence-corrected chi connectivity index (χ0v) is 12.6. The van der Waals surface area contributed by atoms with Gasteiger partial charge in [0, 0.05) is 22.4 Å². The maximum Gasteiger partial charge on any atom is 0.308 e. The number of hydrogen-bond donors (Lipinski definition) is 2. The van der Waals surface area contributed by atoms with E-state index < -0.39 is 17.9 Å². The van der Waals surface area contributed by atoms with Gasteiger partial charge >= 0.3 is 5.97 Å². The third-order valence-corrected chi connectivity index (χ3v) is 4.58. The number of aliphatic carboxylic acids is 1. The van der Waals surface area contributed by atoms with E-state index in [-0.39, 0.29) is 5.91 Å². The molecule has 5 nitrogen and oxygen atoms in total. The minimum absolute atomic E-state index is 0.320. The summed E-state index contributed by atoms with van der Waals surface area (Å²) in [5.41, 5.74) is 1.31. The molecular formula is C13H14N2O3S2. The first-order valence-electron chi connectivity index (χ1n) is 6.01. The lowest BCUT2D eigenvalue weighted by molar-refractivity contribution is -0.141. The molecule has 0 aliphatic heterocycles. The van der Waals surface area contributed by atoms with E-state index >= 15 is 0 Å². The Morgan fingerprint density at radius 2 is 2.10 bits per heavy atom. The van der Waals surface area contributed by atoms with Gasteiger partial charge in [0.15, 0.2) is 0 Å². The normalized spacial score (nSPS) is 13.7. The van der Waals surface area contributed by atoms with Crippen molar-refractivity contribution >= 4 is 34.6 Å². The van der Waals surface area contributed by atoms with Crippen LogP contribution in [0.2, 0.25) is 0 Å². The molecule has 0 aliphatic rings. The Kier molecular flexibility index (Phi) is 4.51. The molecule has 2 rings (SSSR count). The zero-order chi connectivity index (χ0) is 14.7. The van der Waals surface area contributed by atoms with Crippen LogP contribution < -0.4 is 5.32 Å². The number of carboxylic acids is 1. The third kappa shape index (κ3) is 3.23.